The molecule has 3 aromatic carbocycles. The molecule has 1 fully saturated rings. The lowest BCUT2D eigenvalue weighted by atomic mass is 9.95. The summed E-state index contributed by atoms with van der Waals surface area (Å²) >= 11 is 6.15. The molecule has 34 heavy (non-hydrogen) atoms. The lowest BCUT2D eigenvalue weighted by Gasteiger charge is -2.25. The number of amides is 1. The van der Waals surface area contributed by atoms with Crippen LogP contribution in [-0.2, 0) is 16.1 Å². The molecule has 7 heteroatoms. The van der Waals surface area contributed by atoms with Crippen molar-refractivity contribution in [3.05, 3.63) is 100 Å². The van der Waals surface area contributed by atoms with Crippen LogP contribution in [0.3, 0.4) is 0 Å². The van der Waals surface area contributed by atoms with Gasteiger partial charge in [0.25, 0.3) is 11.7 Å². The third kappa shape index (κ3) is 4.50. The van der Waals surface area contributed by atoms with E-state index in [0.29, 0.717) is 22.9 Å². The summed E-state index contributed by atoms with van der Waals surface area (Å²) in [5.41, 5.74) is 1.76. The lowest BCUT2D eigenvalue weighted by molar-refractivity contribution is -0.140. The van der Waals surface area contributed by atoms with Crippen LogP contribution >= 0.6 is 11.6 Å². The monoisotopic (exact) mass is 477 g/mol. The minimum Gasteiger partial charge on any atom is -0.507 e. The fourth-order valence-corrected chi connectivity index (χ4v) is 4.26. The molecular formula is C27H24ClNO5. The molecule has 0 aliphatic carbocycles. The Kier molecular flexibility index (Phi) is 6.89. The number of methoxy groups -OCH3 is 1. The number of benzene rings is 3. The summed E-state index contributed by atoms with van der Waals surface area (Å²) in [7, 11) is 1.46. The first-order valence-corrected chi connectivity index (χ1v) is 11.2. The van der Waals surface area contributed by atoms with E-state index in [-0.39, 0.29) is 23.4 Å². The lowest BCUT2D eigenvalue weighted by Crippen LogP contribution is -2.29. The molecule has 174 valence electrons. The highest BCUT2D eigenvalue weighted by Crippen LogP contribution is 2.42. The van der Waals surface area contributed by atoms with E-state index in [1.807, 2.05) is 61.5 Å². The molecule has 0 aromatic heterocycles. The molecule has 0 spiro atoms. The first kappa shape index (κ1) is 23.4. The number of hydrogen-bond acceptors (Lipinski definition) is 5. The van der Waals surface area contributed by atoms with Gasteiger partial charge in [-0.2, -0.15) is 0 Å². The van der Waals surface area contributed by atoms with Gasteiger partial charge in [0.1, 0.15) is 17.3 Å². The Morgan fingerprint density at radius 1 is 1.03 bits per heavy atom. The summed E-state index contributed by atoms with van der Waals surface area (Å²) in [6.45, 7) is 2.64. The summed E-state index contributed by atoms with van der Waals surface area (Å²) in [6.07, 6.45) is 0. The normalized spacial score (nSPS) is 17.1. The molecule has 1 amide bonds. The number of halogens is 1. The quantitative estimate of drug-likeness (QED) is 0.281. The molecule has 0 bridgehead atoms. The van der Waals surface area contributed by atoms with E-state index >= 15 is 0 Å². The maximum atomic E-state index is 13.2. The van der Waals surface area contributed by atoms with Crippen molar-refractivity contribution in [1.82, 2.24) is 4.90 Å². The zero-order valence-electron chi connectivity index (χ0n) is 18.8. The summed E-state index contributed by atoms with van der Waals surface area (Å²) < 4.78 is 10.9. The number of aliphatic hydroxyl groups is 1. The van der Waals surface area contributed by atoms with Crippen LogP contribution in [0.5, 0.6) is 11.5 Å². The van der Waals surface area contributed by atoms with Crippen molar-refractivity contribution < 1.29 is 24.2 Å². The van der Waals surface area contributed by atoms with Crippen molar-refractivity contribution >= 4 is 29.1 Å². The number of rotatable bonds is 7. The molecular weight excluding hydrogens is 454 g/mol. The van der Waals surface area contributed by atoms with Crippen LogP contribution in [0.2, 0.25) is 5.02 Å². The number of carbonyl (C=O) groups is 2. The van der Waals surface area contributed by atoms with Gasteiger partial charge >= 0.3 is 0 Å². The Balaban J connectivity index is 1.82. The molecule has 3 aromatic rings. The number of ether oxygens (including phenoxy) is 2. The average molecular weight is 478 g/mol. The fourth-order valence-electron chi connectivity index (χ4n) is 4.09. The van der Waals surface area contributed by atoms with Crippen molar-refractivity contribution in [3.8, 4) is 11.5 Å². The topological polar surface area (TPSA) is 76.1 Å². The van der Waals surface area contributed by atoms with Crippen molar-refractivity contribution in [2.24, 2.45) is 0 Å². The Morgan fingerprint density at radius 2 is 1.74 bits per heavy atom. The van der Waals surface area contributed by atoms with Gasteiger partial charge in [0.2, 0.25) is 0 Å². The standard InChI is InChI=1S/C27H24ClNO5/c1-3-34-20-12-9-17(10-13-20)16-29-24(18-7-5-4-6-8-18)23(26(31)27(29)32)25(30)21-15-19(28)11-14-22(21)33-2/h4-15,24,30H,3,16H2,1-2H3/b25-23+. The van der Waals surface area contributed by atoms with E-state index in [1.54, 1.807) is 12.1 Å². The minimum atomic E-state index is -0.781. The van der Waals surface area contributed by atoms with Crippen molar-refractivity contribution in [3.63, 3.8) is 0 Å². The first-order valence-electron chi connectivity index (χ1n) is 10.8. The third-order valence-corrected chi connectivity index (χ3v) is 5.89. The van der Waals surface area contributed by atoms with Crippen LogP contribution in [0.4, 0.5) is 0 Å². The van der Waals surface area contributed by atoms with Crippen LogP contribution in [0.1, 0.15) is 29.7 Å². The Morgan fingerprint density at radius 3 is 2.38 bits per heavy atom. The van der Waals surface area contributed by atoms with Crippen molar-refractivity contribution in [2.75, 3.05) is 13.7 Å². The highest BCUT2D eigenvalue weighted by atomic mass is 35.5. The second-order valence-corrected chi connectivity index (χ2v) is 8.20. The molecule has 1 atom stereocenters. The summed E-state index contributed by atoms with van der Waals surface area (Å²) in [6, 6.07) is 20.5. The van der Waals surface area contributed by atoms with Crippen LogP contribution in [-0.4, -0.2) is 35.4 Å². The zero-order chi connectivity index (χ0) is 24.2. The molecule has 4 rings (SSSR count). The van der Waals surface area contributed by atoms with Gasteiger partial charge in [-0.1, -0.05) is 54.1 Å². The van der Waals surface area contributed by atoms with E-state index in [9.17, 15) is 14.7 Å². The van der Waals surface area contributed by atoms with Gasteiger partial charge < -0.3 is 19.5 Å². The molecule has 6 nitrogen and oxygen atoms in total. The number of hydrogen-bond donors (Lipinski definition) is 1. The Labute approximate surface area is 203 Å². The maximum Gasteiger partial charge on any atom is 0.295 e. The van der Waals surface area contributed by atoms with Crippen LogP contribution in [0, 0.1) is 0 Å². The number of nitrogens with zero attached hydrogens (tertiary/aromatic N) is 1. The Hall–Kier alpha value is -3.77. The van der Waals surface area contributed by atoms with Gasteiger partial charge in [0.05, 0.1) is 30.9 Å². The third-order valence-electron chi connectivity index (χ3n) is 5.66. The molecule has 1 aliphatic heterocycles. The Bertz CT molecular complexity index is 1240. The molecule has 1 N–H and O–H groups in total. The van der Waals surface area contributed by atoms with Gasteiger partial charge in [-0.3, -0.25) is 9.59 Å². The SMILES string of the molecule is CCOc1ccc(CN2C(=O)C(=O)/C(=C(/O)c3cc(Cl)ccc3OC)C2c2ccccc2)cc1. The number of likely N-dealkylation sites (tertiary alicyclic amines) is 1. The smallest absolute Gasteiger partial charge is 0.295 e. The number of Topliss-reactive ketones (excluding diaryl/α,β-unsaturated/α-hetero) is 1. The van der Waals surface area contributed by atoms with E-state index in [0.717, 1.165) is 11.3 Å². The molecule has 1 saturated heterocycles. The van der Waals surface area contributed by atoms with E-state index in [4.69, 9.17) is 21.1 Å². The van der Waals surface area contributed by atoms with E-state index < -0.39 is 17.7 Å². The average Bonchev–Trinajstić information content (AvgIpc) is 3.10. The van der Waals surface area contributed by atoms with Gasteiger partial charge in [0, 0.05) is 11.6 Å². The van der Waals surface area contributed by atoms with E-state index in [2.05, 4.69) is 0 Å². The summed E-state index contributed by atoms with van der Waals surface area (Å²) in [5, 5.41) is 11.6. The number of carbonyl (C=O) groups excluding carboxylic acids is 2. The number of aliphatic hydroxyl groups excluding tert-OH is 1. The van der Waals surface area contributed by atoms with Crippen LogP contribution in [0.15, 0.2) is 78.4 Å². The summed E-state index contributed by atoms with van der Waals surface area (Å²) in [5.74, 6) is -0.724. The molecule has 1 aliphatic rings. The predicted molar refractivity (Wildman–Crippen MR) is 130 cm³/mol. The fraction of sp³-hybridized carbons (Fsp3) is 0.185. The highest BCUT2D eigenvalue weighted by Gasteiger charge is 2.46. The highest BCUT2D eigenvalue weighted by molar-refractivity contribution is 6.46. The largest absolute Gasteiger partial charge is 0.507 e. The van der Waals surface area contributed by atoms with Crippen molar-refractivity contribution in [1.29, 1.82) is 0 Å². The van der Waals surface area contributed by atoms with Gasteiger partial charge in [-0.05, 0) is 48.4 Å². The van der Waals surface area contributed by atoms with Crippen LogP contribution in [0.25, 0.3) is 5.76 Å². The number of ketones is 1. The molecule has 0 radical (unpaired) electrons. The van der Waals surface area contributed by atoms with Gasteiger partial charge in [-0.15, -0.1) is 0 Å². The first-order chi connectivity index (χ1) is 16.4. The maximum absolute atomic E-state index is 13.2. The van der Waals surface area contributed by atoms with Crippen molar-refractivity contribution in [2.45, 2.75) is 19.5 Å². The minimum absolute atomic E-state index is 0.0114. The predicted octanol–water partition coefficient (Wildman–Crippen LogP) is 5.37. The van der Waals surface area contributed by atoms with Crippen LogP contribution < -0.4 is 9.47 Å². The second kappa shape index (κ2) is 10.0. The van der Waals surface area contributed by atoms with Gasteiger partial charge in [0.15, 0.2) is 0 Å². The molecule has 0 saturated carbocycles. The zero-order valence-corrected chi connectivity index (χ0v) is 19.6. The summed E-state index contributed by atoms with van der Waals surface area (Å²) in [4.78, 5) is 27.9. The second-order valence-electron chi connectivity index (χ2n) is 7.76. The molecule has 1 heterocycles. The molecule has 1 unspecified atom stereocenters. The van der Waals surface area contributed by atoms with E-state index in [1.165, 1.54) is 18.1 Å². The van der Waals surface area contributed by atoms with Gasteiger partial charge in [-0.25, -0.2) is 0 Å².